The van der Waals surface area contributed by atoms with Crippen molar-refractivity contribution >= 4 is 11.6 Å². The topological polar surface area (TPSA) is 42.0 Å². The van der Waals surface area contributed by atoms with E-state index in [2.05, 4.69) is 10.3 Å². The van der Waals surface area contributed by atoms with Crippen molar-refractivity contribution in [2.24, 2.45) is 0 Å². The lowest BCUT2D eigenvalue weighted by molar-refractivity contribution is -0.170. The summed E-state index contributed by atoms with van der Waals surface area (Å²) in [6, 6.07) is 12.7. The summed E-state index contributed by atoms with van der Waals surface area (Å²) in [6.07, 6.45) is -4.21. The van der Waals surface area contributed by atoms with E-state index in [0.717, 1.165) is 5.56 Å². The van der Waals surface area contributed by atoms with Gasteiger partial charge in [0.15, 0.2) is 0 Å². The maximum Gasteiger partial charge on any atom is 0.450 e. The summed E-state index contributed by atoms with van der Waals surface area (Å²) in [6.45, 7) is 0.564. The number of rotatable bonds is 5. The van der Waals surface area contributed by atoms with Crippen LogP contribution in [0, 0.1) is 0 Å². The molecule has 0 aliphatic rings. The summed E-state index contributed by atoms with van der Waals surface area (Å²) in [5, 5.41) is 3.05. The predicted molar refractivity (Wildman–Crippen MR) is 72.8 cm³/mol. The van der Waals surface area contributed by atoms with Gasteiger partial charge in [-0.3, -0.25) is 4.79 Å². The van der Waals surface area contributed by atoms with Crippen molar-refractivity contribution in [2.45, 2.75) is 19.1 Å². The van der Waals surface area contributed by atoms with E-state index in [0.29, 0.717) is 12.4 Å². The summed E-state index contributed by atoms with van der Waals surface area (Å²) in [4.78, 5) is 14.9. The zero-order valence-electron chi connectivity index (χ0n) is 11.0. The number of anilines is 1. The van der Waals surface area contributed by atoms with Gasteiger partial charge in [0, 0.05) is 19.2 Å². The lowest BCUT2D eigenvalue weighted by atomic mass is 10.1. The number of Topliss-reactive ketones (excluding diaryl/α,β-unsaturated/α-hetero) is 1. The van der Waals surface area contributed by atoms with Crippen molar-refractivity contribution in [3.8, 4) is 0 Å². The summed E-state index contributed by atoms with van der Waals surface area (Å²) >= 11 is 0. The number of nitrogens with one attached hydrogen (secondary N) is 1. The molecule has 1 heterocycles. The Bertz CT molecular complexity index is 595. The second-order valence-electron chi connectivity index (χ2n) is 4.49. The Labute approximate surface area is 119 Å². The van der Waals surface area contributed by atoms with E-state index in [1.807, 2.05) is 30.3 Å². The van der Waals surface area contributed by atoms with Crippen LogP contribution in [-0.2, 0) is 17.8 Å². The smallest absolute Gasteiger partial charge is 0.366 e. The van der Waals surface area contributed by atoms with E-state index in [1.54, 1.807) is 6.07 Å². The van der Waals surface area contributed by atoms with Crippen molar-refractivity contribution in [1.29, 1.82) is 0 Å². The first-order chi connectivity index (χ1) is 9.95. The number of nitrogens with zero attached hydrogens (tertiary/aromatic N) is 1. The van der Waals surface area contributed by atoms with E-state index in [1.165, 1.54) is 12.3 Å². The zero-order chi connectivity index (χ0) is 15.3. The first kappa shape index (κ1) is 15.0. The molecule has 0 aliphatic carbocycles. The van der Waals surface area contributed by atoms with Gasteiger partial charge in [-0.05, 0) is 17.2 Å². The number of carbonyl (C=O) groups is 1. The SMILES string of the molecule is O=C(Cc1ccc(NCc2ccccc2)nc1)C(F)(F)F. The molecule has 21 heavy (non-hydrogen) atoms. The summed E-state index contributed by atoms with van der Waals surface area (Å²) < 4.78 is 36.4. The van der Waals surface area contributed by atoms with E-state index in [-0.39, 0.29) is 5.56 Å². The lowest BCUT2D eigenvalue weighted by Gasteiger charge is -2.07. The van der Waals surface area contributed by atoms with Gasteiger partial charge in [-0.25, -0.2) is 4.98 Å². The molecule has 0 saturated carbocycles. The van der Waals surface area contributed by atoms with Crippen LogP contribution in [0.2, 0.25) is 0 Å². The summed E-state index contributed by atoms with van der Waals surface area (Å²) in [7, 11) is 0. The summed E-state index contributed by atoms with van der Waals surface area (Å²) in [5.74, 6) is -1.23. The van der Waals surface area contributed by atoms with Gasteiger partial charge >= 0.3 is 6.18 Å². The molecule has 1 aromatic carbocycles. The monoisotopic (exact) mass is 294 g/mol. The highest BCUT2D eigenvalue weighted by molar-refractivity contribution is 5.86. The Morgan fingerprint density at radius 3 is 2.33 bits per heavy atom. The van der Waals surface area contributed by atoms with Crippen LogP contribution in [0.1, 0.15) is 11.1 Å². The van der Waals surface area contributed by atoms with Crippen LogP contribution in [0.3, 0.4) is 0 Å². The molecule has 0 spiro atoms. The Morgan fingerprint density at radius 2 is 1.76 bits per heavy atom. The average molecular weight is 294 g/mol. The molecule has 0 atom stereocenters. The molecule has 1 N–H and O–H groups in total. The van der Waals surface area contributed by atoms with Gasteiger partial charge in [-0.1, -0.05) is 36.4 Å². The molecule has 0 aliphatic heterocycles. The number of carbonyl (C=O) groups excluding carboxylic acids is 1. The molecule has 0 fully saturated rings. The van der Waals surface area contributed by atoms with Gasteiger partial charge in [0.25, 0.3) is 0 Å². The van der Waals surface area contributed by atoms with Crippen LogP contribution < -0.4 is 5.32 Å². The van der Waals surface area contributed by atoms with E-state index in [4.69, 9.17) is 0 Å². The van der Waals surface area contributed by atoms with Gasteiger partial charge in [0.05, 0.1) is 0 Å². The molecule has 110 valence electrons. The number of halogens is 3. The molecule has 0 radical (unpaired) electrons. The number of aromatic nitrogens is 1. The molecule has 3 nitrogen and oxygen atoms in total. The van der Waals surface area contributed by atoms with E-state index in [9.17, 15) is 18.0 Å². The standard InChI is InChI=1S/C15H13F3N2O/c16-15(17,18)13(21)8-12-6-7-14(20-10-12)19-9-11-4-2-1-3-5-11/h1-7,10H,8-9H2,(H,19,20). The average Bonchev–Trinajstić information content (AvgIpc) is 2.46. The Morgan fingerprint density at radius 1 is 1.05 bits per heavy atom. The van der Waals surface area contributed by atoms with Gasteiger partial charge in [-0.2, -0.15) is 13.2 Å². The third-order valence-corrected chi connectivity index (χ3v) is 2.82. The van der Waals surface area contributed by atoms with Gasteiger partial charge in [0.2, 0.25) is 5.78 Å². The maximum absolute atomic E-state index is 12.1. The molecule has 0 unspecified atom stereocenters. The normalized spacial score (nSPS) is 11.2. The van der Waals surface area contributed by atoms with Crippen LogP contribution in [0.25, 0.3) is 0 Å². The highest BCUT2D eigenvalue weighted by atomic mass is 19.4. The summed E-state index contributed by atoms with van der Waals surface area (Å²) in [5.41, 5.74) is 1.30. The third kappa shape index (κ3) is 4.59. The van der Waals surface area contributed by atoms with Crippen LogP contribution in [0.5, 0.6) is 0 Å². The Hall–Kier alpha value is -2.37. The quantitative estimate of drug-likeness (QED) is 0.919. The van der Waals surface area contributed by atoms with Gasteiger partial charge < -0.3 is 5.32 Å². The minimum Gasteiger partial charge on any atom is -0.366 e. The number of benzene rings is 1. The number of ketones is 1. The first-order valence-corrected chi connectivity index (χ1v) is 6.28. The maximum atomic E-state index is 12.1. The number of pyridine rings is 1. The highest BCUT2D eigenvalue weighted by Crippen LogP contribution is 2.19. The molecule has 0 saturated heterocycles. The van der Waals surface area contributed by atoms with Crippen LogP contribution >= 0.6 is 0 Å². The Balaban J connectivity index is 1.92. The van der Waals surface area contributed by atoms with Crippen LogP contribution in [0.15, 0.2) is 48.7 Å². The zero-order valence-corrected chi connectivity index (χ0v) is 11.0. The van der Waals surface area contributed by atoms with Crippen LogP contribution in [-0.4, -0.2) is 16.9 Å². The van der Waals surface area contributed by atoms with E-state index < -0.39 is 18.4 Å². The largest absolute Gasteiger partial charge is 0.450 e. The fourth-order valence-corrected chi connectivity index (χ4v) is 1.71. The van der Waals surface area contributed by atoms with Crippen molar-refractivity contribution in [1.82, 2.24) is 4.98 Å². The van der Waals surface area contributed by atoms with Crippen molar-refractivity contribution in [3.63, 3.8) is 0 Å². The van der Waals surface area contributed by atoms with Crippen molar-refractivity contribution in [2.75, 3.05) is 5.32 Å². The molecule has 0 bridgehead atoms. The molecule has 2 rings (SSSR count). The van der Waals surface area contributed by atoms with Gasteiger partial charge in [-0.15, -0.1) is 0 Å². The molecule has 0 amide bonds. The van der Waals surface area contributed by atoms with Gasteiger partial charge in [0.1, 0.15) is 5.82 Å². The van der Waals surface area contributed by atoms with Crippen molar-refractivity contribution in [3.05, 3.63) is 59.8 Å². The number of hydrogen-bond donors (Lipinski definition) is 1. The van der Waals surface area contributed by atoms with E-state index >= 15 is 0 Å². The number of hydrogen-bond acceptors (Lipinski definition) is 3. The predicted octanol–water partition coefficient (Wildman–Crippen LogP) is 3.37. The van der Waals surface area contributed by atoms with Crippen LogP contribution in [0.4, 0.5) is 19.0 Å². The fraction of sp³-hybridized carbons (Fsp3) is 0.200. The minimum absolute atomic E-state index is 0.239. The third-order valence-electron chi connectivity index (χ3n) is 2.82. The number of alkyl halides is 3. The molecule has 2 aromatic rings. The minimum atomic E-state index is -4.80. The molecular formula is C15H13F3N2O. The highest BCUT2D eigenvalue weighted by Gasteiger charge is 2.37. The Kier molecular flexibility index (Phi) is 4.57. The second-order valence-corrected chi connectivity index (χ2v) is 4.49. The molecular weight excluding hydrogens is 281 g/mol. The lowest BCUT2D eigenvalue weighted by Crippen LogP contribution is -2.24. The molecule has 6 heteroatoms. The molecule has 1 aromatic heterocycles. The first-order valence-electron chi connectivity index (χ1n) is 6.28. The second kappa shape index (κ2) is 6.39. The fourth-order valence-electron chi connectivity index (χ4n) is 1.71. The van der Waals surface area contributed by atoms with Crippen molar-refractivity contribution < 1.29 is 18.0 Å².